The van der Waals surface area contributed by atoms with Gasteiger partial charge in [0.2, 0.25) is 0 Å². The molecule has 0 unspecified atom stereocenters. The monoisotopic (exact) mass is 637 g/mol. The lowest BCUT2D eigenvalue weighted by Gasteiger charge is -2.34. The van der Waals surface area contributed by atoms with E-state index in [4.69, 9.17) is 10.1 Å². The Morgan fingerprint density at radius 2 is 1.70 bits per heavy atom. The van der Waals surface area contributed by atoms with Crippen molar-refractivity contribution in [2.75, 3.05) is 51.3 Å². The minimum atomic E-state index is -0.648. The van der Waals surface area contributed by atoms with Gasteiger partial charge >= 0.3 is 0 Å². The predicted octanol–water partition coefficient (Wildman–Crippen LogP) is 6.40. The number of amidine groups is 1. The molecule has 244 valence electrons. The number of rotatable bonds is 8. The molecule has 2 fully saturated rings. The molecule has 9 heteroatoms. The molecular weight excluding hydrogens is 596 g/mol. The number of aryl methyl sites for hydroxylation is 1. The molecule has 0 bridgehead atoms. The van der Waals surface area contributed by atoms with E-state index in [1.807, 2.05) is 43.3 Å². The molecule has 7 nitrogen and oxygen atoms in total. The van der Waals surface area contributed by atoms with Gasteiger partial charge in [-0.05, 0) is 116 Å². The highest BCUT2D eigenvalue weighted by Crippen LogP contribution is 2.30. The van der Waals surface area contributed by atoms with E-state index in [2.05, 4.69) is 33.2 Å². The standard InChI is InChI=1S/C38H41F2N5O2/c1-25-16-36(28-4-3-9-42-24-28)30(18-27-19-31(39)23-32(40)20-27)22-35(25)37(41)43-38(46)34-6-5-33(45-12-10-44(2)11-13-45)21-29(34)17-26-7-14-47-15-8-26/h3-6,9,16,19-24,26H,7-8,10-15,17-18H2,1-2H3,(H2,41,43,46). The summed E-state index contributed by atoms with van der Waals surface area (Å²) in [6.45, 7) is 7.20. The number of likely N-dealkylation sites (N-methyl/N-ethyl adjacent to an activating group) is 1. The second-order valence-electron chi connectivity index (χ2n) is 12.7. The fourth-order valence-electron chi connectivity index (χ4n) is 6.63. The van der Waals surface area contributed by atoms with E-state index >= 15 is 0 Å². The van der Waals surface area contributed by atoms with Gasteiger partial charge in [0.05, 0.1) is 0 Å². The van der Waals surface area contributed by atoms with Crippen LogP contribution in [0.3, 0.4) is 0 Å². The number of pyridine rings is 1. The Bertz CT molecular complexity index is 1730. The Morgan fingerprint density at radius 1 is 0.957 bits per heavy atom. The van der Waals surface area contributed by atoms with Crippen LogP contribution in [-0.2, 0) is 17.6 Å². The maximum absolute atomic E-state index is 14.1. The first kappa shape index (κ1) is 32.5. The van der Waals surface area contributed by atoms with E-state index in [1.165, 1.54) is 12.1 Å². The van der Waals surface area contributed by atoms with Gasteiger partial charge in [-0.25, -0.2) is 8.78 Å². The fraction of sp³-hybridized carbons (Fsp3) is 0.342. The number of nitrogens with zero attached hydrogens (tertiary/aromatic N) is 3. The number of nitrogens with one attached hydrogen (secondary N) is 2. The average molecular weight is 638 g/mol. The number of piperazine rings is 1. The maximum Gasteiger partial charge on any atom is 0.257 e. The number of anilines is 1. The summed E-state index contributed by atoms with van der Waals surface area (Å²) in [6, 6.07) is 17.1. The topological polar surface area (TPSA) is 81.5 Å². The van der Waals surface area contributed by atoms with E-state index in [1.54, 1.807) is 12.4 Å². The van der Waals surface area contributed by atoms with Crippen LogP contribution in [0.15, 0.2) is 73.1 Å². The van der Waals surface area contributed by atoms with Gasteiger partial charge in [-0.2, -0.15) is 0 Å². The Hall–Kier alpha value is -4.47. The van der Waals surface area contributed by atoms with Crippen LogP contribution in [0.4, 0.5) is 14.5 Å². The Balaban J connectivity index is 1.29. The predicted molar refractivity (Wildman–Crippen MR) is 181 cm³/mol. The highest BCUT2D eigenvalue weighted by atomic mass is 19.1. The molecule has 47 heavy (non-hydrogen) atoms. The fourth-order valence-corrected chi connectivity index (χ4v) is 6.63. The van der Waals surface area contributed by atoms with Gasteiger partial charge in [-0.15, -0.1) is 0 Å². The third-order valence-corrected chi connectivity index (χ3v) is 9.30. The largest absolute Gasteiger partial charge is 0.381 e. The van der Waals surface area contributed by atoms with Crippen LogP contribution in [-0.4, -0.2) is 68.1 Å². The van der Waals surface area contributed by atoms with E-state index < -0.39 is 11.6 Å². The number of carbonyl (C=O) groups is 1. The quantitative estimate of drug-likeness (QED) is 0.173. The number of carbonyl (C=O) groups excluding carboxylic acids is 1. The minimum Gasteiger partial charge on any atom is -0.381 e. The number of benzene rings is 3. The first-order chi connectivity index (χ1) is 22.7. The van der Waals surface area contributed by atoms with Crippen LogP contribution < -0.4 is 10.2 Å². The molecule has 6 rings (SSSR count). The van der Waals surface area contributed by atoms with Gasteiger partial charge in [-0.1, -0.05) is 12.1 Å². The summed E-state index contributed by atoms with van der Waals surface area (Å²) >= 11 is 0. The van der Waals surface area contributed by atoms with Crippen LogP contribution in [0.2, 0.25) is 0 Å². The first-order valence-electron chi connectivity index (χ1n) is 16.3. The zero-order chi connectivity index (χ0) is 32.9. The molecule has 2 aliphatic rings. The number of ether oxygens (including phenoxy) is 1. The van der Waals surface area contributed by atoms with E-state index in [0.717, 1.165) is 98.2 Å². The Labute approximate surface area is 275 Å². The summed E-state index contributed by atoms with van der Waals surface area (Å²) < 4.78 is 33.8. The molecule has 4 aromatic rings. The van der Waals surface area contributed by atoms with Crippen LogP contribution in [0, 0.1) is 29.9 Å². The summed E-state index contributed by atoms with van der Waals surface area (Å²) in [5.74, 6) is -1.23. The summed E-state index contributed by atoms with van der Waals surface area (Å²) in [4.78, 5) is 22.8. The number of halogens is 2. The molecule has 0 radical (unpaired) electrons. The van der Waals surface area contributed by atoms with E-state index in [9.17, 15) is 13.6 Å². The summed E-state index contributed by atoms with van der Waals surface area (Å²) in [7, 11) is 2.13. The smallest absolute Gasteiger partial charge is 0.257 e. The molecule has 2 aliphatic heterocycles. The lowest BCUT2D eigenvalue weighted by Crippen LogP contribution is -2.44. The van der Waals surface area contributed by atoms with E-state index in [-0.39, 0.29) is 18.2 Å². The SMILES string of the molecule is Cc1cc(-c2cccnc2)c(Cc2cc(F)cc(F)c2)cc1C(=N)NC(=O)c1ccc(N2CCN(C)CC2)cc1CC1CCOCC1. The van der Waals surface area contributed by atoms with Gasteiger partial charge in [0.1, 0.15) is 17.5 Å². The molecular formula is C38H41F2N5O2. The molecule has 0 spiro atoms. The third-order valence-electron chi connectivity index (χ3n) is 9.30. The lowest BCUT2D eigenvalue weighted by molar-refractivity contribution is 0.0664. The highest BCUT2D eigenvalue weighted by Gasteiger charge is 2.23. The average Bonchev–Trinajstić information content (AvgIpc) is 3.06. The number of aromatic nitrogens is 1. The molecule has 2 saturated heterocycles. The molecule has 0 atom stereocenters. The Kier molecular flexibility index (Phi) is 10.0. The van der Waals surface area contributed by atoms with Crippen molar-refractivity contribution in [3.63, 3.8) is 0 Å². The van der Waals surface area contributed by atoms with Crippen LogP contribution in [0.25, 0.3) is 11.1 Å². The van der Waals surface area contributed by atoms with Crippen LogP contribution >= 0.6 is 0 Å². The van der Waals surface area contributed by atoms with Crippen molar-refractivity contribution in [1.82, 2.24) is 15.2 Å². The lowest BCUT2D eigenvalue weighted by atomic mass is 9.89. The van der Waals surface area contributed by atoms with Gasteiger partial charge in [0.15, 0.2) is 0 Å². The normalized spacial score (nSPS) is 15.9. The molecule has 0 aliphatic carbocycles. The molecule has 3 aromatic carbocycles. The molecule has 1 amide bonds. The molecule has 3 heterocycles. The van der Waals surface area contributed by atoms with Gasteiger partial charge in [0.25, 0.3) is 5.91 Å². The zero-order valence-electron chi connectivity index (χ0n) is 27.0. The van der Waals surface area contributed by atoms with Gasteiger partial charge < -0.3 is 19.9 Å². The minimum absolute atomic E-state index is 0.0305. The second-order valence-corrected chi connectivity index (χ2v) is 12.7. The summed E-state index contributed by atoms with van der Waals surface area (Å²) in [5.41, 5.74) is 6.93. The van der Waals surface area contributed by atoms with Gasteiger partial charge in [0, 0.05) is 80.2 Å². The molecule has 1 aromatic heterocycles. The number of hydrogen-bond donors (Lipinski definition) is 2. The van der Waals surface area contributed by atoms with Crippen molar-refractivity contribution in [3.8, 4) is 11.1 Å². The first-order valence-corrected chi connectivity index (χ1v) is 16.3. The highest BCUT2D eigenvalue weighted by molar-refractivity contribution is 6.12. The maximum atomic E-state index is 14.1. The van der Waals surface area contributed by atoms with Gasteiger partial charge in [-0.3, -0.25) is 15.2 Å². The van der Waals surface area contributed by atoms with Crippen molar-refractivity contribution >= 4 is 17.4 Å². The van der Waals surface area contributed by atoms with Crippen molar-refractivity contribution in [3.05, 3.63) is 118 Å². The van der Waals surface area contributed by atoms with Crippen LogP contribution in [0.5, 0.6) is 0 Å². The number of amides is 1. The van der Waals surface area contributed by atoms with Crippen molar-refractivity contribution in [1.29, 1.82) is 5.41 Å². The van der Waals surface area contributed by atoms with E-state index in [0.29, 0.717) is 22.6 Å². The summed E-state index contributed by atoms with van der Waals surface area (Å²) in [5, 5.41) is 11.9. The third kappa shape index (κ3) is 7.92. The molecule has 0 saturated carbocycles. The second kappa shape index (κ2) is 14.5. The number of hydrogen-bond acceptors (Lipinski definition) is 6. The van der Waals surface area contributed by atoms with Crippen molar-refractivity contribution < 1.29 is 18.3 Å². The Morgan fingerprint density at radius 3 is 2.40 bits per heavy atom. The zero-order valence-corrected chi connectivity index (χ0v) is 27.0. The van der Waals surface area contributed by atoms with Crippen LogP contribution in [0.1, 0.15) is 51.0 Å². The van der Waals surface area contributed by atoms with Crippen molar-refractivity contribution in [2.45, 2.75) is 32.6 Å². The van der Waals surface area contributed by atoms with Crippen molar-refractivity contribution in [2.24, 2.45) is 5.92 Å². The molecule has 2 N–H and O–H groups in total. The summed E-state index contributed by atoms with van der Waals surface area (Å²) in [6.07, 6.45) is 6.34.